The molecule has 7 nitrogen and oxygen atoms in total. The second kappa shape index (κ2) is 9.43. The number of ether oxygens (including phenoxy) is 1. The van der Waals surface area contributed by atoms with E-state index < -0.39 is 17.6 Å². The molecule has 9 heteroatoms. The van der Waals surface area contributed by atoms with Crippen LogP contribution in [0.4, 0.5) is 10.5 Å². The summed E-state index contributed by atoms with van der Waals surface area (Å²) in [5.41, 5.74) is 4.82. The molecule has 0 aliphatic carbocycles. The van der Waals surface area contributed by atoms with Crippen molar-refractivity contribution in [3.05, 3.63) is 40.0 Å². The highest BCUT2D eigenvalue weighted by atomic mass is 35.5. The molecule has 1 rings (SSSR count). The molecule has 0 aromatic heterocycles. The summed E-state index contributed by atoms with van der Waals surface area (Å²) in [5.74, 6) is -0.712. The summed E-state index contributed by atoms with van der Waals surface area (Å²) in [7, 11) is 0. The van der Waals surface area contributed by atoms with Gasteiger partial charge in [-0.2, -0.15) is 5.26 Å². The Labute approximate surface area is 162 Å². The molecule has 2 amide bonds. The van der Waals surface area contributed by atoms with Gasteiger partial charge in [0.1, 0.15) is 17.2 Å². The van der Waals surface area contributed by atoms with E-state index in [1.54, 1.807) is 26.8 Å². The van der Waals surface area contributed by atoms with E-state index >= 15 is 0 Å². The topological polar surface area (TPSA) is 108 Å². The molecule has 140 valence electrons. The van der Waals surface area contributed by atoms with Gasteiger partial charge in [-0.1, -0.05) is 23.2 Å². The molecule has 0 unspecified atom stereocenters. The summed E-state index contributed by atoms with van der Waals surface area (Å²) < 4.78 is 5.24. The van der Waals surface area contributed by atoms with E-state index in [2.05, 4.69) is 5.32 Å². The average Bonchev–Trinajstić information content (AvgIpc) is 2.53. The van der Waals surface area contributed by atoms with Crippen LogP contribution in [0, 0.1) is 11.3 Å². The number of nitrogens with one attached hydrogen (secondary N) is 1. The van der Waals surface area contributed by atoms with E-state index in [1.165, 1.54) is 18.2 Å². The van der Waals surface area contributed by atoms with Crippen molar-refractivity contribution in [2.45, 2.75) is 26.4 Å². The van der Waals surface area contributed by atoms with Gasteiger partial charge >= 0.3 is 6.09 Å². The van der Waals surface area contributed by atoms with Crippen molar-refractivity contribution in [3.8, 4) is 6.07 Å². The highest BCUT2D eigenvalue weighted by Crippen LogP contribution is 2.25. The van der Waals surface area contributed by atoms with Crippen molar-refractivity contribution < 1.29 is 14.3 Å². The van der Waals surface area contributed by atoms with Crippen LogP contribution in [0.1, 0.15) is 20.8 Å². The van der Waals surface area contributed by atoms with Crippen LogP contribution in [0.5, 0.6) is 0 Å². The molecule has 0 saturated carbocycles. The van der Waals surface area contributed by atoms with Gasteiger partial charge in [-0.3, -0.25) is 9.69 Å². The minimum Gasteiger partial charge on any atom is -0.443 e. The Kier molecular flexibility index (Phi) is 7.90. The first-order chi connectivity index (χ1) is 12.1. The van der Waals surface area contributed by atoms with E-state index in [0.29, 0.717) is 10.7 Å². The lowest BCUT2D eigenvalue weighted by Crippen LogP contribution is -2.37. The standard InChI is InChI=1S/C17H20Cl2N4O3/c1-17(2,3)26-16(25)23(7-6-20)10-11(9-21)15(24)22-12-4-5-13(18)14(19)8-12/h4-5,8,10H,6-7,20H2,1-3H3,(H,22,24)/b11-10-. The highest BCUT2D eigenvalue weighted by molar-refractivity contribution is 6.42. The van der Waals surface area contributed by atoms with Gasteiger partial charge in [0.05, 0.1) is 10.0 Å². The maximum atomic E-state index is 12.3. The number of rotatable bonds is 5. The Bertz CT molecular complexity index is 751. The van der Waals surface area contributed by atoms with Crippen molar-refractivity contribution in [1.29, 1.82) is 5.26 Å². The summed E-state index contributed by atoms with van der Waals surface area (Å²) in [5, 5.41) is 12.4. The predicted octanol–water partition coefficient (Wildman–Crippen LogP) is 3.54. The average molecular weight is 399 g/mol. The Hall–Kier alpha value is -2.27. The van der Waals surface area contributed by atoms with E-state index in [9.17, 15) is 14.9 Å². The summed E-state index contributed by atoms with van der Waals surface area (Å²) in [6.07, 6.45) is 0.395. The molecule has 0 spiro atoms. The first-order valence-corrected chi connectivity index (χ1v) is 8.41. The van der Waals surface area contributed by atoms with Crippen molar-refractivity contribution in [3.63, 3.8) is 0 Å². The number of nitrogens with zero attached hydrogens (tertiary/aromatic N) is 2. The number of hydrogen-bond donors (Lipinski definition) is 2. The SMILES string of the molecule is CC(C)(C)OC(=O)N(/C=C(/C#N)C(=O)Nc1ccc(Cl)c(Cl)c1)CCN. The number of halogens is 2. The smallest absolute Gasteiger partial charge is 0.414 e. The fourth-order valence-corrected chi connectivity index (χ4v) is 2.03. The van der Waals surface area contributed by atoms with Gasteiger partial charge in [-0.25, -0.2) is 4.79 Å². The van der Waals surface area contributed by atoms with E-state index in [1.807, 2.05) is 0 Å². The molecule has 1 aromatic rings. The molecule has 0 radical (unpaired) electrons. The van der Waals surface area contributed by atoms with Crippen LogP contribution in [-0.2, 0) is 9.53 Å². The van der Waals surface area contributed by atoms with Crippen LogP contribution >= 0.6 is 23.2 Å². The number of hydrogen-bond acceptors (Lipinski definition) is 5. The van der Waals surface area contributed by atoms with Gasteiger partial charge in [0, 0.05) is 25.0 Å². The quantitative estimate of drug-likeness (QED) is 0.582. The molecule has 0 aliphatic heterocycles. The molecular formula is C17H20Cl2N4O3. The zero-order valence-corrected chi connectivity index (χ0v) is 16.2. The molecule has 0 aliphatic rings. The van der Waals surface area contributed by atoms with Crippen LogP contribution < -0.4 is 11.1 Å². The Morgan fingerprint density at radius 1 is 1.35 bits per heavy atom. The maximum absolute atomic E-state index is 12.3. The molecule has 3 N–H and O–H groups in total. The molecule has 0 saturated heterocycles. The van der Waals surface area contributed by atoms with Gasteiger partial charge in [-0.05, 0) is 39.0 Å². The fraction of sp³-hybridized carbons (Fsp3) is 0.353. The zero-order chi connectivity index (χ0) is 19.9. The minimum atomic E-state index is -0.729. The first kappa shape index (κ1) is 21.8. The molecule has 26 heavy (non-hydrogen) atoms. The Balaban J connectivity index is 3.00. The van der Waals surface area contributed by atoms with Crippen LogP contribution in [0.2, 0.25) is 10.0 Å². The van der Waals surface area contributed by atoms with Crippen molar-refractivity contribution in [1.82, 2.24) is 4.90 Å². The van der Waals surface area contributed by atoms with E-state index in [-0.39, 0.29) is 23.7 Å². The summed E-state index contributed by atoms with van der Waals surface area (Å²) in [6, 6.07) is 6.25. The number of benzene rings is 1. The summed E-state index contributed by atoms with van der Waals surface area (Å²) in [4.78, 5) is 25.6. The molecule has 0 heterocycles. The number of carbonyl (C=O) groups is 2. The summed E-state index contributed by atoms with van der Waals surface area (Å²) in [6.45, 7) is 5.33. The second-order valence-corrected chi connectivity index (χ2v) is 7.01. The van der Waals surface area contributed by atoms with Crippen LogP contribution in [0.25, 0.3) is 0 Å². The number of anilines is 1. The molecule has 1 aromatic carbocycles. The van der Waals surface area contributed by atoms with Crippen LogP contribution in [-0.4, -0.2) is 35.6 Å². The second-order valence-electron chi connectivity index (χ2n) is 6.20. The molecule has 0 bridgehead atoms. The van der Waals surface area contributed by atoms with E-state index in [0.717, 1.165) is 11.1 Å². The fourth-order valence-electron chi connectivity index (χ4n) is 1.73. The van der Waals surface area contributed by atoms with Gasteiger partial charge < -0.3 is 15.8 Å². The van der Waals surface area contributed by atoms with Crippen molar-refractivity contribution in [2.75, 3.05) is 18.4 Å². The lowest BCUT2D eigenvalue weighted by atomic mass is 10.2. The Morgan fingerprint density at radius 3 is 2.50 bits per heavy atom. The number of carbonyl (C=O) groups excluding carboxylic acids is 2. The zero-order valence-electron chi connectivity index (χ0n) is 14.7. The number of nitrogens with two attached hydrogens (primary N) is 1. The van der Waals surface area contributed by atoms with Gasteiger partial charge in [0.2, 0.25) is 0 Å². The third-order valence-corrected chi connectivity index (χ3v) is 3.56. The lowest BCUT2D eigenvalue weighted by Gasteiger charge is -2.25. The molecule has 0 fully saturated rings. The Morgan fingerprint density at radius 2 is 2.00 bits per heavy atom. The van der Waals surface area contributed by atoms with Crippen LogP contribution in [0.3, 0.4) is 0 Å². The monoisotopic (exact) mass is 398 g/mol. The highest BCUT2D eigenvalue weighted by Gasteiger charge is 2.22. The van der Waals surface area contributed by atoms with Crippen molar-refractivity contribution >= 4 is 40.9 Å². The number of nitriles is 1. The maximum Gasteiger partial charge on any atom is 0.414 e. The van der Waals surface area contributed by atoms with Gasteiger partial charge in [-0.15, -0.1) is 0 Å². The van der Waals surface area contributed by atoms with Gasteiger partial charge in [0.15, 0.2) is 0 Å². The minimum absolute atomic E-state index is 0.0835. The third kappa shape index (κ3) is 6.92. The normalized spacial score (nSPS) is 11.5. The molecule has 0 atom stereocenters. The number of amides is 2. The first-order valence-electron chi connectivity index (χ1n) is 7.65. The summed E-state index contributed by atoms with van der Waals surface area (Å²) >= 11 is 11.7. The molecular weight excluding hydrogens is 379 g/mol. The van der Waals surface area contributed by atoms with Gasteiger partial charge in [0.25, 0.3) is 5.91 Å². The predicted molar refractivity (Wildman–Crippen MR) is 101 cm³/mol. The van der Waals surface area contributed by atoms with E-state index in [4.69, 9.17) is 33.7 Å². The van der Waals surface area contributed by atoms with Crippen molar-refractivity contribution in [2.24, 2.45) is 5.73 Å². The third-order valence-electron chi connectivity index (χ3n) is 2.83. The lowest BCUT2D eigenvalue weighted by molar-refractivity contribution is -0.112. The largest absolute Gasteiger partial charge is 0.443 e. The van der Waals surface area contributed by atoms with Crippen LogP contribution in [0.15, 0.2) is 30.0 Å².